The molecular formula is C15H13F2N3O4. The smallest absolute Gasteiger partial charge is 0.353 e. The summed E-state index contributed by atoms with van der Waals surface area (Å²) in [6.07, 6.45) is 0.0770. The van der Waals surface area contributed by atoms with Crippen molar-refractivity contribution >= 4 is 11.9 Å². The number of amides is 1. The van der Waals surface area contributed by atoms with Crippen molar-refractivity contribution < 1.29 is 28.2 Å². The molecule has 3 rings (SSSR count). The van der Waals surface area contributed by atoms with Crippen LogP contribution in [0.3, 0.4) is 0 Å². The van der Waals surface area contributed by atoms with Crippen LogP contribution in [0.15, 0.2) is 24.3 Å². The van der Waals surface area contributed by atoms with Crippen LogP contribution in [0.4, 0.5) is 8.78 Å². The Kier molecular flexibility index (Phi) is 4.15. The lowest BCUT2D eigenvalue weighted by Crippen LogP contribution is -2.31. The summed E-state index contributed by atoms with van der Waals surface area (Å²) in [6.45, 7) is 0.586. The van der Waals surface area contributed by atoms with Gasteiger partial charge in [0.25, 0.3) is 5.91 Å². The van der Waals surface area contributed by atoms with Gasteiger partial charge in [-0.1, -0.05) is 0 Å². The number of carboxylic acids is 1. The Morgan fingerprint density at radius 2 is 1.96 bits per heavy atom. The monoisotopic (exact) mass is 337 g/mol. The van der Waals surface area contributed by atoms with Gasteiger partial charge in [-0.2, -0.15) is 5.10 Å². The van der Waals surface area contributed by atoms with E-state index in [0.717, 1.165) is 24.3 Å². The van der Waals surface area contributed by atoms with Gasteiger partial charge in [-0.25, -0.2) is 13.6 Å². The molecule has 9 heteroatoms. The third-order valence-electron chi connectivity index (χ3n) is 3.60. The van der Waals surface area contributed by atoms with E-state index in [1.54, 1.807) is 0 Å². The lowest BCUT2D eigenvalue weighted by molar-refractivity contribution is 0.0690. The Bertz CT molecular complexity index is 773. The molecule has 7 nitrogen and oxygen atoms in total. The summed E-state index contributed by atoms with van der Waals surface area (Å²) >= 11 is 0. The molecule has 1 aromatic carbocycles. The SMILES string of the molecule is O=C(O)c1cc(C(=O)N2CCC(Oc3cc(F)cc(F)c3)C2)n[nH]1. The molecule has 1 atom stereocenters. The number of rotatable bonds is 4. The largest absolute Gasteiger partial charge is 0.488 e. The zero-order chi connectivity index (χ0) is 17.3. The van der Waals surface area contributed by atoms with Crippen molar-refractivity contribution in [3.63, 3.8) is 0 Å². The highest BCUT2D eigenvalue weighted by atomic mass is 19.1. The maximum absolute atomic E-state index is 13.2. The van der Waals surface area contributed by atoms with E-state index in [2.05, 4.69) is 10.2 Å². The molecule has 1 saturated heterocycles. The molecule has 1 aliphatic rings. The van der Waals surface area contributed by atoms with E-state index in [1.165, 1.54) is 4.90 Å². The molecule has 0 radical (unpaired) electrons. The van der Waals surface area contributed by atoms with Gasteiger partial charge in [-0.15, -0.1) is 0 Å². The van der Waals surface area contributed by atoms with E-state index >= 15 is 0 Å². The fraction of sp³-hybridized carbons (Fsp3) is 0.267. The maximum Gasteiger partial charge on any atom is 0.353 e. The van der Waals surface area contributed by atoms with Crippen LogP contribution in [0.5, 0.6) is 5.75 Å². The molecule has 1 unspecified atom stereocenters. The lowest BCUT2D eigenvalue weighted by Gasteiger charge is -2.16. The summed E-state index contributed by atoms with van der Waals surface area (Å²) in [7, 11) is 0. The van der Waals surface area contributed by atoms with Gasteiger partial charge in [0.1, 0.15) is 29.2 Å². The van der Waals surface area contributed by atoms with Gasteiger partial charge < -0.3 is 14.7 Å². The molecule has 2 heterocycles. The average Bonchev–Trinajstić information content (AvgIpc) is 3.14. The molecule has 0 saturated carbocycles. The Labute approximate surface area is 134 Å². The predicted molar refractivity (Wildman–Crippen MR) is 76.8 cm³/mol. The van der Waals surface area contributed by atoms with E-state index < -0.39 is 29.6 Å². The highest BCUT2D eigenvalue weighted by Gasteiger charge is 2.30. The van der Waals surface area contributed by atoms with Gasteiger partial charge in [-0.05, 0) is 0 Å². The number of carbonyl (C=O) groups is 2. The Morgan fingerprint density at radius 1 is 1.25 bits per heavy atom. The molecular weight excluding hydrogens is 324 g/mol. The topological polar surface area (TPSA) is 95.5 Å². The fourth-order valence-electron chi connectivity index (χ4n) is 2.50. The van der Waals surface area contributed by atoms with Gasteiger partial charge in [0.05, 0.1) is 6.54 Å². The number of hydrogen-bond donors (Lipinski definition) is 2. The molecule has 24 heavy (non-hydrogen) atoms. The molecule has 1 aliphatic heterocycles. The minimum Gasteiger partial charge on any atom is -0.488 e. The summed E-state index contributed by atoms with van der Waals surface area (Å²) in [4.78, 5) is 24.5. The zero-order valence-corrected chi connectivity index (χ0v) is 12.3. The summed E-state index contributed by atoms with van der Waals surface area (Å²) in [5, 5.41) is 14.8. The number of aromatic amines is 1. The Hall–Kier alpha value is -2.97. The third-order valence-corrected chi connectivity index (χ3v) is 3.60. The normalized spacial score (nSPS) is 17.1. The quantitative estimate of drug-likeness (QED) is 0.885. The van der Waals surface area contributed by atoms with Gasteiger partial charge in [-0.3, -0.25) is 9.89 Å². The molecule has 0 bridgehead atoms. The number of carboxylic acid groups (broad SMARTS) is 1. The van der Waals surface area contributed by atoms with E-state index in [4.69, 9.17) is 9.84 Å². The second-order valence-electron chi connectivity index (χ2n) is 5.36. The van der Waals surface area contributed by atoms with Gasteiger partial charge in [0.2, 0.25) is 0 Å². The van der Waals surface area contributed by atoms with Crippen molar-refractivity contribution in [2.24, 2.45) is 0 Å². The summed E-state index contributed by atoms with van der Waals surface area (Å²) in [5.74, 6) is -3.07. The van der Waals surface area contributed by atoms with Crippen molar-refractivity contribution in [3.05, 3.63) is 47.3 Å². The molecule has 0 aliphatic carbocycles. The third kappa shape index (κ3) is 3.34. The number of carbonyl (C=O) groups excluding carboxylic acids is 1. The minimum atomic E-state index is -1.21. The van der Waals surface area contributed by atoms with Crippen molar-refractivity contribution in [2.45, 2.75) is 12.5 Å². The standard InChI is InChI=1S/C15H13F2N3O4/c16-8-3-9(17)5-11(4-8)24-10-1-2-20(7-10)14(21)12-6-13(15(22)23)19-18-12/h3-6,10H,1-2,7H2,(H,18,19)(H,22,23). The van der Waals surface area contributed by atoms with Crippen LogP contribution in [-0.4, -0.2) is 51.3 Å². The molecule has 0 spiro atoms. The first kappa shape index (κ1) is 15.9. The van der Waals surface area contributed by atoms with Crippen molar-refractivity contribution in [1.82, 2.24) is 15.1 Å². The number of H-pyrrole nitrogens is 1. The van der Waals surface area contributed by atoms with Gasteiger partial charge in [0.15, 0.2) is 5.69 Å². The number of aromatic nitrogens is 2. The highest BCUT2D eigenvalue weighted by molar-refractivity contribution is 5.95. The molecule has 2 aromatic rings. The summed E-state index contributed by atoms with van der Waals surface area (Å²) < 4.78 is 31.8. The number of ether oxygens (including phenoxy) is 1. The molecule has 126 valence electrons. The highest BCUT2D eigenvalue weighted by Crippen LogP contribution is 2.21. The molecule has 1 amide bonds. The second-order valence-corrected chi connectivity index (χ2v) is 5.36. The van der Waals surface area contributed by atoms with Crippen LogP contribution in [0.2, 0.25) is 0 Å². The summed E-state index contributed by atoms with van der Waals surface area (Å²) in [6, 6.07) is 4.04. The molecule has 1 aromatic heterocycles. The van der Waals surface area contributed by atoms with Crippen LogP contribution in [0, 0.1) is 11.6 Å². The molecule has 1 fully saturated rings. The van der Waals surface area contributed by atoms with E-state index in [0.29, 0.717) is 13.0 Å². The first-order valence-corrected chi connectivity index (χ1v) is 7.13. The Morgan fingerprint density at radius 3 is 2.58 bits per heavy atom. The fourth-order valence-corrected chi connectivity index (χ4v) is 2.50. The molecule has 2 N–H and O–H groups in total. The first-order chi connectivity index (χ1) is 11.4. The van der Waals surface area contributed by atoms with Crippen LogP contribution in [0.1, 0.15) is 27.4 Å². The van der Waals surface area contributed by atoms with Crippen molar-refractivity contribution in [1.29, 1.82) is 0 Å². The van der Waals surface area contributed by atoms with Crippen molar-refractivity contribution in [2.75, 3.05) is 13.1 Å². The van der Waals surface area contributed by atoms with E-state index in [1.807, 2.05) is 0 Å². The van der Waals surface area contributed by atoms with Gasteiger partial charge >= 0.3 is 5.97 Å². The Balaban J connectivity index is 1.64. The van der Waals surface area contributed by atoms with Crippen LogP contribution in [-0.2, 0) is 0 Å². The van der Waals surface area contributed by atoms with Crippen molar-refractivity contribution in [3.8, 4) is 5.75 Å². The van der Waals surface area contributed by atoms with E-state index in [9.17, 15) is 18.4 Å². The predicted octanol–water partition coefficient (Wildman–Crippen LogP) is 1.68. The first-order valence-electron chi connectivity index (χ1n) is 7.13. The minimum absolute atomic E-state index is 0.00940. The number of nitrogens with one attached hydrogen (secondary N) is 1. The van der Waals surface area contributed by atoms with Gasteiger partial charge in [0, 0.05) is 37.2 Å². The maximum atomic E-state index is 13.2. The number of nitrogens with zero attached hydrogens (tertiary/aromatic N) is 2. The number of halogens is 2. The van der Waals surface area contributed by atoms with Crippen LogP contribution < -0.4 is 4.74 Å². The number of benzene rings is 1. The number of aromatic carboxylic acids is 1. The van der Waals surface area contributed by atoms with E-state index in [-0.39, 0.29) is 23.7 Å². The summed E-state index contributed by atoms with van der Waals surface area (Å²) in [5.41, 5.74) is -0.189. The van der Waals surface area contributed by atoms with Crippen LogP contribution >= 0.6 is 0 Å². The lowest BCUT2D eigenvalue weighted by atomic mass is 10.3. The second kappa shape index (κ2) is 6.26. The number of hydrogen-bond acceptors (Lipinski definition) is 4. The average molecular weight is 337 g/mol. The van der Waals surface area contributed by atoms with Crippen LogP contribution in [0.25, 0.3) is 0 Å². The zero-order valence-electron chi connectivity index (χ0n) is 12.3. The number of likely N-dealkylation sites (tertiary alicyclic amines) is 1.